The molecule has 2 N–H and O–H groups in total. The highest BCUT2D eigenvalue weighted by atomic mass is 32.2. The van der Waals surface area contributed by atoms with Crippen LogP contribution in [0.4, 0.5) is 5.69 Å². The monoisotopic (exact) mass is 235 g/mol. The molecule has 0 radical (unpaired) electrons. The average Bonchev–Trinajstić information content (AvgIpc) is 2.20. The molecule has 0 saturated heterocycles. The first-order chi connectivity index (χ1) is 7.45. The Morgan fingerprint density at radius 3 is 2.62 bits per heavy atom. The van der Waals surface area contributed by atoms with Crippen LogP contribution in [0.3, 0.4) is 0 Å². The largest absolute Gasteiger partial charge is 0.398 e. The first-order valence-electron chi connectivity index (χ1n) is 4.59. The fourth-order valence-electron chi connectivity index (χ4n) is 1.25. The number of carbonyl (C=O) groups excluding carboxylic acids is 1. The smallest absolute Gasteiger partial charge is 0.285 e. The Labute approximate surface area is 97.2 Å². The van der Waals surface area contributed by atoms with Crippen LogP contribution in [0, 0.1) is 18.3 Å². The van der Waals surface area contributed by atoms with Crippen LogP contribution in [0.1, 0.15) is 21.5 Å². The number of amides is 1. The maximum atomic E-state index is 11.7. The van der Waals surface area contributed by atoms with Crippen LogP contribution >= 0.6 is 0 Å². The van der Waals surface area contributed by atoms with Gasteiger partial charge in [-0.1, -0.05) is 10.7 Å². The number of nitrogen functional groups attached to an aromatic ring is 1. The van der Waals surface area contributed by atoms with Crippen molar-refractivity contribution in [2.75, 3.05) is 18.2 Å². The van der Waals surface area contributed by atoms with E-state index in [1.165, 1.54) is 6.07 Å². The quantitative estimate of drug-likeness (QED) is 0.752. The molecular formula is C11H13N3OS. The molecule has 1 aromatic rings. The zero-order chi connectivity index (χ0) is 12.3. The van der Waals surface area contributed by atoms with Crippen LogP contribution in [-0.2, 0) is 10.7 Å². The Morgan fingerprint density at radius 1 is 1.50 bits per heavy atom. The van der Waals surface area contributed by atoms with Gasteiger partial charge in [-0.3, -0.25) is 4.79 Å². The lowest BCUT2D eigenvalue weighted by atomic mass is 10.0. The van der Waals surface area contributed by atoms with Crippen molar-refractivity contribution in [3.05, 3.63) is 28.8 Å². The molecule has 0 aliphatic rings. The van der Waals surface area contributed by atoms with Gasteiger partial charge in [-0.2, -0.15) is 9.62 Å². The van der Waals surface area contributed by atoms with Gasteiger partial charge in [0.25, 0.3) is 5.91 Å². The minimum Gasteiger partial charge on any atom is -0.398 e. The summed E-state index contributed by atoms with van der Waals surface area (Å²) in [5.41, 5.74) is 7.67. The van der Waals surface area contributed by atoms with Gasteiger partial charge >= 0.3 is 0 Å². The van der Waals surface area contributed by atoms with E-state index in [1.54, 1.807) is 13.0 Å². The molecule has 84 valence electrons. The molecule has 4 nitrogen and oxygen atoms in total. The van der Waals surface area contributed by atoms with E-state index in [2.05, 4.69) is 4.36 Å². The summed E-state index contributed by atoms with van der Waals surface area (Å²) in [6.07, 6.45) is 3.68. The third-order valence-corrected chi connectivity index (χ3v) is 2.54. The molecule has 0 aliphatic carbocycles. The summed E-state index contributed by atoms with van der Waals surface area (Å²) in [6.45, 7) is 1.77. The highest BCUT2D eigenvalue weighted by Crippen LogP contribution is 2.20. The summed E-state index contributed by atoms with van der Waals surface area (Å²) in [6, 6.07) is 5.14. The van der Waals surface area contributed by atoms with E-state index in [4.69, 9.17) is 11.0 Å². The minimum atomic E-state index is -0.356. The standard InChI is InChI=1S/C11H13N3OS/c1-7-4-8(6-12)5-9(10(7)13)11(15)14-16(2)3/h4-5H,13H2,1-3H3. The summed E-state index contributed by atoms with van der Waals surface area (Å²) in [4.78, 5) is 11.7. The summed E-state index contributed by atoms with van der Waals surface area (Å²) in [5, 5.41) is 8.81. The Bertz CT molecular complexity index is 511. The molecule has 0 aromatic heterocycles. The SMILES string of the molecule is Cc1cc(C#N)cc(C(=O)N=S(C)C)c1N. The van der Waals surface area contributed by atoms with Gasteiger partial charge in [0.2, 0.25) is 0 Å². The van der Waals surface area contributed by atoms with E-state index in [-0.39, 0.29) is 16.6 Å². The van der Waals surface area contributed by atoms with Crippen LogP contribution in [0.5, 0.6) is 0 Å². The van der Waals surface area contributed by atoms with Crippen molar-refractivity contribution < 1.29 is 4.79 Å². The first-order valence-corrected chi connectivity index (χ1v) is 6.59. The number of nitrogens with two attached hydrogens (primary N) is 1. The number of anilines is 1. The number of rotatable bonds is 1. The predicted octanol–water partition coefficient (Wildman–Crippen LogP) is 1.65. The maximum absolute atomic E-state index is 11.7. The van der Waals surface area contributed by atoms with Crippen LogP contribution in [0.15, 0.2) is 16.5 Å². The number of carbonyl (C=O) groups is 1. The number of benzene rings is 1. The lowest BCUT2D eigenvalue weighted by Crippen LogP contribution is -2.05. The minimum absolute atomic E-state index is 0.317. The molecular weight excluding hydrogens is 222 g/mol. The van der Waals surface area contributed by atoms with Gasteiger partial charge in [0.05, 0.1) is 17.2 Å². The molecule has 1 amide bonds. The van der Waals surface area contributed by atoms with E-state index in [9.17, 15) is 4.79 Å². The van der Waals surface area contributed by atoms with E-state index in [0.717, 1.165) is 5.56 Å². The fourth-order valence-corrected chi connectivity index (χ4v) is 1.68. The third-order valence-electron chi connectivity index (χ3n) is 2.01. The zero-order valence-electron chi connectivity index (χ0n) is 9.44. The Kier molecular flexibility index (Phi) is 3.80. The van der Waals surface area contributed by atoms with Gasteiger partial charge < -0.3 is 5.73 Å². The molecule has 0 bridgehead atoms. The van der Waals surface area contributed by atoms with E-state index in [0.29, 0.717) is 16.8 Å². The van der Waals surface area contributed by atoms with Gasteiger partial charge in [0, 0.05) is 5.69 Å². The van der Waals surface area contributed by atoms with Crippen molar-refractivity contribution in [1.82, 2.24) is 0 Å². The van der Waals surface area contributed by atoms with E-state index >= 15 is 0 Å². The molecule has 0 aliphatic heterocycles. The molecule has 0 spiro atoms. The average molecular weight is 235 g/mol. The highest BCUT2D eigenvalue weighted by Gasteiger charge is 2.12. The lowest BCUT2D eigenvalue weighted by molar-refractivity contribution is 0.101. The second kappa shape index (κ2) is 4.90. The van der Waals surface area contributed by atoms with Crippen molar-refractivity contribution in [3.63, 3.8) is 0 Å². The first kappa shape index (κ1) is 12.4. The Hall–Kier alpha value is -1.67. The number of hydrogen-bond donors (Lipinski definition) is 1. The second-order valence-electron chi connectivity index (χ2n) is 3.54. The highest BCUT2D eigenvalue weighted by molar-refractivity contribution is 7.86. The summed E-state index contributed by atoms with van der Waals surface area (Å²) in [5.74, 6) is -0.356. The van der Waals surface area contributed by atoms with Crippen LogP contribution in [-0.4, -0.2) is 18.4 Å². The normalized spacial score (nSPS) is 9.94. The Balaban J connectivity index is 3.34. The van der Waals surface area contributed by atoms with Gasteiger partial charge in [0.1, 0.15) is 0 Å². The van der Waals surface area contributed by atoms with Crippen LogP contribution in [0.25, 0.3) is 0 Å². The molecule has 0 unspecified atom stereocenters. The number of aryl methyl sites for hydroxylation is 1. The van der Waals surface area contributed by atoms with Gasteiger partial charge in [-0.05, 0) is 37.1 Å². The van der Waals surface area contributed by atoms with Crippen molar-refractivity contribution >= 4 is 22.3 Å². The molecule has 5 heteroatoms. The van der Waals surface area contributed by atoms with Crippen LogP contribution in [0.2, 0.25) is 0 Å². The number of nitrogens with zero attached hydrogens (tertiary/aromatic N) is 2. The lowest BCUT2D eigenvalue weighted by Gasteiger charge is -2.06. The van der Waals surface area contributed by atoms with Gasteiger partial charge in [-0.15, -0.1) is 0 Å². The van der Waals surface area contributed by atoms with Crippen molar-refractivity contribution in [3.8, 4) is 6.07 Å². The molecule has 16 heavy (non-hydrogen) atoms. The topological polar surface area (TPSA) is 79.2 Å². The molecule has 1 rings (SSSR count). The van der Waals surface area contributed by atoms with E-state index < -0.39 is 0 Å². The molecule has 1 aromatic carbocycles. The van der Waals surface area contributed by atoms with Crippen molar-refractivity contribution in [2.45, 2.75) is 6.92 Å². The molecule has 0 saturated carbocycles. The Morgan fingerprint density at radius 2 is 2.12 bits per heavy atom. The molecule has 0 fully saturated rings. The zero-order valence-corrected chi connectivity index (χ0v) is 10.3. The molecule has 0 heterocycles. The summed E-state index contributed by atoms with van der Waals surface area (Å²) >= 11 is 0. The van der Waals surface area contributed by atoms with Gasteiger partial charge in [-0.25, -0.2) is 0 Å². The van der Waals surface area contributed by atoms with E-state index in [1.807, 2.05) is 18.6 Å². The summed E-state index contributed by atoms with van der Waals surface area (Å²) < 4.78 is 3.92. The third kappa shape index (κ3) is 2.67. The maximum Gasteiger partial charge on any atom is 0.285 e. The molecule has 0 atom stereocenters. The second-order valence-corrected chi connectivity index (χ2v) is 5.27. The number of hydrogen-bond acceptors (Lipinski definition) is 3. The fraction of sp³-hybridized carbons (Fsp3) is 0.273. The van der Waals surface area contributed by atoms with Gasteiger partial charge in [0.15, 0.2) is 0 Å². The van der Waals surface area contributed by atoms with Crippen molar-refractivity contribution in [2.24, 2.45) is 4.36 Å². The van der Waals surface area contributed by atoms with Crippen molar-refractivity contribution in [1.29, 1.82) is 5.26 Å². The predicted molar refractivity (Wildman–Crippen MR) is 66.3 cm³/mol. The van der Waals surface area contributed by atoms with Crippen LogP contribution < -0.4 is 5.73 Å². The summed E-state index contributed by atoms with van der Waals surface area (Å²) in [7, 11) is -0.333. The number of nitriles is 1.